The van der Waals surface area contributed by atoms with E-state index in [1.807, 2.05) is 32.9 Å². The summed E-state index contributed by atoms with van der Waals surface area (Å²) in [7, 11) is 0. The molecule has 0 spiro atoms. The summed E-state index contributed by atoms with van der Waals surface area (Å²) in [6.45, 7) is 5.35. The number of carbonyl (C=O) groups excluding carboxylic acids is 1. The van der Waals surface area contributed by atoms with Gasteiger partial charge in [-0.1, -0.05) is 22.9 Å². The standard InChI is InChI=1S/C14H19BrN2O3/c1-4-10(3)17(8-13(18)19)14(20)16-11-5-6-12(15)9(2)7-11/h5-7,10H,4,8H2,1-3H3,(H,16,20)(H,18,19). The zero-order valence-corrected chi connectivity index (χ0v) is 13.4. The van der Waals surface area contributed by atoms with Crippen LogP contribution in [0.15, 0.2) is 22.7 Å². The van der Waals surface area contributed by atoms with Crippen molar-refractivity contribution in [2.24, 2.45) is 0 Å². The van der Waals surface area contributed by atoms with Crippen molar-refractivity contribution in [2.75, 3.05) is 11.9 Å². The molecular formula is C14H19BrN2O3. The normalized spacial score (nSPS) is 11.8. The number of carbonyl (C=O) groups is 2. The quantitative estimate of drug-likeness (QED) is 0.860. The van der Waals surface area contributed by atoms with E-state index >= 15 is 0 Å². The Hall–Kier alpha value is -1.56. The summed E-state index contributed by atoms with van der Waals surface area (Å²) in [5, 5.41) is 11.6. The zero-order valence-electron chi connectivity index (χ0n) is 11.8. The number of carboxylic acids is 1. The van der Waals surface area contributed by atoms with Gasteiger partial charge in [-0.25, -0.2) is 4.79 Å². The van der Waals surface area contributed by atoms with Crippen molar-refractivity contribution in [2.45, 2.75) is 33.2 Å². The molecule has 0 saturated carbocycles. The van der Waals surface area contributed by atoms with Crippen molar-refractivity contribution >= 4 is 33.6 Å². The van der Waals surface area contributed by atoms with Crippen LogP contribution in [0.1, 0.15) is 25.8 Å². The van der Waals surface area contributed by atoms with Crippen molar-refractivity contribution < 1.29 is 14.7 Å². The third kappa shape index (κ3) is 4.52. The Bertz CT molecular complexity index is 505. The Labute approximate surface area is 127 Å². The van der Waals surface area contributed by atoms with E-state index in [1.54, 1.807) is 6.07 Å². The number of hydrogen-bond donors (Lipinski definition) is 2. The lowest BCUT2D eigenvalue weighted by atomic mass is 10.2. The van der Waals surface area contributed by atoms with E-state index in [2.05, 4.69) is 21.2 Å². The maximum Gasteiger partial charge on any atom is 0.323 e. The number of aliphatic carboxylic acids is 1. The van der Waals surface area contributed by atoms with E-state index < -0.39 is 12.0 Å². The van der Waals surface area contributed by atoms with Crippen LogP contribution in [-0.2, 0) is 4.79 Å². The number of aryl methyl sites for hydroxylation is 1. The van der Waals surface area contributed by atoms with Gasteiger partial charge in [0.15, 0.2) is 0 Å². The number of carboxylic acid groups (broad SMARTS) is 1. The van der Waals surface area contributed by atoms with Crippen LogP contribution in [0.3, 0.4) is 0 Å². The number of anilines is 1. The molecular weight excluding hydrogens is 324 g/mol. The fourth-order valence-corrected chi connectivity index (χ4v) is 1.96. The summed E-state index contributed by atoms with van der Waals surface area (Å²) in [4.78, 5) is 24.4. The summed E-state index contributed by atoms with van der Waals surface area (Å²) in [6, 6.07) is 4.91. The van der Waals surface area contributed by atoms with Crippen molar-refractivity contribution in [3.63, 3.8) is 0 Å². The van der Waals surface area contributed by atoms with Gasteiger partial charge in [0.05, 0.1) is 0 Å². The second-order valence-corrected chi connectivity index (χ2v) is 5.53. The molecule has 0 bridgehead atoms. The predicted octanol–water partition coefficient (Wildman–Crippen LogP) is 3.47. The average Bonchev–Trinajstić information content (AvgIpc) is 2.39. The van der Waals surface area contributed by atoms with Gasteiger partial charge >= 0.3 is 12.0 Å². The number of nitrogens with zero attached hydrogens (tertiary/aromatic N) is 1. The highest BCUT2D eigenvalue weighted by molar-refractivity contribution is 9.10. The van der Waals surface area contributed by atoms with Crippen LogP contribution >= 0.6 is 15.9 Å². The van der Waals surface area contributed by atoms with Crippen LogP contribution in [-0.4, -0.2) is 34.6 Å². The molecule has 20 heavy (non-hydrogen) atoms. The fraction of sp³-hybridized carbons (Fsp3) is 0.429. The van der Waals surface area contributed by atoms with E-state index in [-0.39, 0.29) is 12.6 Å². The van der Waals surface area contributed by atoms with Crippen LogP contribution in [0.5, 0.6) is 0 Å². The molecule has 0 heterocycles. The smallest absolute Gasteiger partial charge is 0.323 e. The molecule has 110 valence electrons. The first kappa shape index (κ1) is 16.5. The highest BCUT2D eigenvalue weighted by Gasteiger charge is 2.21. The summed E-state index contributed by atoms with van der Waals surface area (Å²) >= 11 is 3.39. The largest absolute Gasteiger partial charge is 0.480 e. The number of halogens is 1. The molecule has 1 atom stereocenters. The third-order valence-electron chi connectivity index (χ3n) is 3.10. The Morgan fingerprint density at radius 3 is 2.60 bits per heavy atom. The lowest BCUT2D eigenvalue weighted by Crippen LogP contribution is -2.44. The van der Waals surface area contributed by atoms with Crippen LogP contribution < -0.4 is 5.32 Å². The Kier molecular flexibility index (Phi) is 6.01. The fourth-order valence-electron chi connectivity index (χ4n) is 1.71. The van der Waals surface area contributed by atoms with Gasteiger partial charge in [0, 0.05) is 16.2 Å². The molecule has 0 aliphatic heterocycles. The van der Waals surface area contributed by atoms with Crippen molar-refractivity contribution in [1.82, 2.24) is 4.90 Å². The van der Waals surface area contributed by atoms with Crippen LogP contribution in [0.2, 0.25) is 0 Å². The molecule has 1 rings (SSSR count). The van der Waals surface area contributed by atoms with Gasteiger partial charge in [-0.05, 0) is 44.0 Å². The van der Waals surface area contributed by atoms with E-state index in [0.29, 0.717) is 12.1 Å². The van der Waals surface area contributed by atoms with Crippen LogP contribution in [0.25, 0.3) is 0 Å². The van der Waals surface area contributed by atoms with Gasteiger partial charge in [0.1, 0.15) is 6.54 Å². The predicted molar refractivity (Wildman–Crippen MR) is 82.0 cm³/mol. The highest BCUT2D eigenvalue weighted by Crippen LogP contribution is 2.20. The molecule has 1 unspecified atom stereocenters. The highest BCUT2D eigenvalue weighted by atomic mass is 79.9. The van der Waals surface area contributed by atoms with Gasteiger partial charge in [0.2, 0.25) is 0 Å². The average molecular weight is 343 g/mol. The Morgan fingerprint density at radius 1 is 1.45 bits per heavy atom. The summed E-state index contributed by atoms with van der Waals surface area (Å²) in [5.74, 6) is -1.02. The maximum atomic E-state index is 12.2. The molecule has 1 aromatic carbocycles. The Balaban J connectivity index is 2.84. The zero-order chi connectivity index (χ0) is 15.3. The Morgan fingerprint density at radius 2 is 2.10 bits per heavy atom. The topological polar surface area (TPSA) is 69.6 Å². The summed E-state index contributed by atoms with van der Waals surface area (Å²) < 4.78 is 0.958. The monoisotopic (exact) mass is 342 g/mol. The minimum absolute atomic E-state index is 0.136. The van der Waals surface area contributed by atoms with Gasteiger partial charge in [0.25, 0.3) is 0 Å². The lowest BCUT2D eigenvalue weighted by Gasteiger charge is -2.27. The number of amides is 2. The molecule has 5 nitrogen and oxygen atoms in total. The number of rotatable bonds is 5. The van der Waals surface area contributed by atoms with E-state index in [9.17, 15) is 9.59 Å². The number of hydrogen-bond acceptors (Lipinski definition) is 2. The van der Waals surface area contributed by atoms with Gasteiger partial charge in [-0.15, -0.1) is 0 Å². The molecule has 0 fully saturated rings. The molecule has 0 aliphatic rings. The van der Waals surface area contributed by atoms with Crippen molar-refractivity contribution in [1.29, 1.82) is 0 Å². The number of benzene rings is 1. The van der Waals surface area contributed by atoms with E-state index in [1.165, 1.54) is 4.90 Å². The van der Waals surface area contributed by atoms with E-state index in [0.717, 1.165) is 10.0 Å². The minimum Gasteiger partial charge on any atom is -0.480 e. The maximum absolute atomic E-state index is 12.2. The molecule has 6 heteroatoms. The summed E-state index contributed by atoms with van der Waals surface area (Å²) in [6.07, 6.45) is 0.695. The van der Waals surface area contributed by atoms with Crippen molar-refractivity contribution in [3.8, 4) is 0 Å². The molecule has 2 amide bonds. The molecule has 2 N–H and O–H groups in total. The molecule has 0 radical (unpaired) electrons. The first-order valence-electron chi connectivity index (χ1n) is 6.40. The minimum atomic E-state index is -1.02. The van der Waals surface area contributed by atoms with E-state index in [4.69, 9.17) is 5.11 Å². The second kappa shape index (κ2) is 7.28. The molecule has 0 saturated heterocycles. The van der Waals surface area contributed by atoms with Gasteiger partial charge < -0.3 is 15.3 Å². The first-order valence-corrected chi connectivity index (χ1v) is 7.20. The number of nitrogens with one attached hydrogen (secondary N) is 1. The SMILES string of the molecule is CCC(C)N(CC(=O)O)C(=O)Nc1ccc(Br)c(C)c1. The number of urea groups is 1. The first-order chi connectivity index (χ1) is 9.35. The van der Waals surface area contributed by atoms with Crippen LogP contribution in [0, 0.1) is 6.92 Å². The molecule has 0 aromatic heterocycles. The van der Waals surface area contributed by atoms with Gasteiger partial charge in [-0.3, -0.25) is 4.79 Å². The molecule has 0 aliphatic carbocycles. The second-order valence-electron chi connectivity index (χ2n) is 4.67. The lowest BCUT2D eigenvalue weighted by molar-refractivity contribution is -0.138. The van der Waals surface area contributed by atoms with Crippen LogP contribution in [0.4, 0.5) is 10.5 Å². The molecule has 1 aromatic rings. The van der Waals surface area contributed by atoms with Crippen molar-refractivity contribution in [3.05, 3.63) is 28.2 Å². The summed E-state index contributed by atoms with van der Waals surface area (Å²) in [5.41, 5.74) is 1.64. The van der Waals surface area contributed by atoms with Gasteiger partial charge in [-0.2, -0.15) is 0 Å². The third-order valence-corrected chi connectivity index (χ3v) is 3.99.